The number of hydrogen-bond acceptors (Lipinski definition) is 3. The Balaban J connectivity index is 2.35. The quantitative estimate of drug-likeness (QED) is 0.705. The predicted octanol–water partition coefficient (Wildman–Crippen LogP) is 2.32. The van der Waals surface area contributed by atoms with Crippen LogP contribution in [0, 0.1) is 17.3 Å². The van der Waals surface area contributed by atoms with Crippen LogP contribution >= 0.6 is 0 Å². The summed E-state index contributed by atoms with van der Waals surface area (Å²) in [7, 11) is 0. The van der Waals surface area contributed by atoms with E-state index in [-0.39, 0.29) is 23.3 Å². The summed E-state index contributed by atoms with van der Waals surface area (Å²) in [4.78, 5) is 12.3. The number of carbonyl (C=O) groups excluding carboxylic acids is 1. The third-order valence-electron chi connectivity index (χ3n) is 5.01. The minimum absolute atomic E-state index is 0.0369. The molecule has 1 saturated carbocycles. The van der Waals surface area contributed by atoms with Crippen molar-refractivity contribution in [1.29, 1.82) is 0 Å². The van der Waals surface area contributed by atoms with Gasteiger partial charge in [-0.2, -0.15) is 0 Å². The predicted molar refractivity (Wildman–Crippen MR) is 82.4 cm³/mol. The number of ether oxygens (including phenoxy) is 1. The van der Waals surface area contributed by atoms with Crippen LogP contribution in [0.2, 0.25) is 0 Å². The van der Waals surface area contributed by atoms with Crippen molar-refractivity contribution in [3.05, 3.63) is 0 Å². The van der Waals surface area contributed by atoms with Gasteiger partial charge in [0.25, 0.3) is 0 Å². The lowest BCUT2D eigenvalue weighted by atomic mass is 9.61. The van der Waals surface area contributed by atoms with Crippen molar-refractivity contribution in [2.75, 3.05) is 19.8 Å². The molecule has 20 heavy (non-hydrogen) atoms. The van der Waals surface area contributed by atoms with Gasteiger partial charge < -0.3 is 15.8 Å². The summed E-state index contributed by atoms with van der Waals surface area (Å²) in [5.74, 6) is 0.591. The summed E-state index contributed by atoms with van der Waals surface area (Å²) < 4.78 is 5.47. The minimum atomic E-state index is -0.0369. The van der Waals surface area contributed by atoms with E-state index >= 15 is 0 Å². The molecular formula is C16H32N2O2. The SMILES string of the molecule is CCCCOCCNC(=O)C1CCC(N)C(C)C1(C)C. The Labute approximate surface area is 123 Å². The van der Waals surface area contributed by atoms with E-state index in [0.29, 0.717) is 19.1 Å². The number of nitrogens with one attached hydrogen (secondary N) is 1. The van der Waals surface area contributed by atoms with E-state index in [2.05, 4.69) is 33.0 Å². The fourth-order valence-electron chi connectivity index (χ4n) is 3.04. The van der Waals surface area contributed by atoms with Gasteiger partial charge in [0.05, 0.1) is 6.61 Å². The van der Waals surface area contributed by atoms with Gasteiger partial charge in [0.1, 0.15) is 0 Å². The van der Waals surface area contributed by atoms with Gasteiger partial charge in [-0.1, -0.05) is 34.1 Å². The summed E-state index contributed by atoms with van der Waals surface area (Å²) >= 11 is 0. The summed E-state index contributed by atoms with van der Waals surface area (Å²) in [5, 5.41) is 3.02. The van der Waals surface area contributed by atoms with E-state index in [9.17, 15) is 4.79 Å². The molecule has 0 radical (unpaired) electrons. The second-order valence-corrected chi connectivity index (χ2v) is 6.66. The molecule has 0 aromatic heterocycles. The molecular weight excluding hydrogens is 252 g/mol. The first-order chi connectivity index (χ1) is 9.41. The van der Waals surface area contributed by atoms with Crippen molar-refractivity contribution in [1.82, 2.24) is 5.32 Å². The van der Waals surface area contributed by atoms with Gasteiger partial charge in [0.2, 0.25) is 5.91 Å². The summed E-state index contributed by atoms with van der Waals surface area (Å²) in [6.45, 7) is 10.6. The highest BCUT2D eigenvalue weighted by molar-refractivity contribution is 5.79. The van der Waals surface area contributed by atoms with Gasteiger partial charge in [-0.15, -0.1) is 0 Å². The van der Waals surface area contributed by atoms with Gasteiger partial charge in [-0.05, 0) is 30.6 Å². The molecule has 0 spiro atoms. The molecule has 4 heteroatoms. The molecule has 0 saturated heterocycles. The lowest BCUT2D eigenvalue weighted by Gasteiger charge is -2.46. The monoisotopic (exact) mass is 284 g/mol. The largest absolute Gasteiger partial charge is 0.380 e. The van der Waals surface area contributed by atoms with E-state index in [1.807, 2.05) is 0 Å². The van der Waals surface area contributed by atoms with Crippen LogP contribution in [0.4, 0.5) is 0 Å². The van der Waals surface area contributed by atoms with E-state index in [4.69, 9.17) is 10.5 Å². The molecule has 3 unspecified atom stereocenters. The third kappa shape index (κ3) is 4.45. The molecule has 1 aliphatic rings. The van der Waals surface area contributed by atoms with Crippen molar-refractivity contribution in [3.63, 3.8) is 0 Å². The molecule has 0 heterocycles. The van der Waals surface area contributed by atoms with Crippen LogP contribution in [-0.2, 0) is 9.53 Å². The van der Waals surface area contributed by atoms with Crippen LogP contribution in [0.5, 0.6) is 0 Å². The number of carbonyl (C=O) groups is 1. The minimum Gasteiger partial charge on any atom is -0.380 e. The third-order valence-corrected chi connectivity index (χ3v) is 5.01. The molecule has 1 rings (SSSR count). The first kappa shape index (κ1) is 17.4. The highest BCUT2D eigenvalue weighted by Gasteiger charge is 2.44. The maximum atomic E-state index is 12.3. The van der Waals surface area contributed by atoms with Crippen LogP contribution in [0.15, 0.2) is 0 Å². The maximum Gasteiger partial charge on any atom is 0.223 e. The molecule has 1 fully saturated rings. The van der Waals surface area contributed by atoms with Crippen molar-refractivity contribution >= 4 is 5.91 Å². The molecule has 3 N–H and O–H groups in total. The van der Waals surface area contributed by atoms with Gasteiger partial charge in [0, 0.05) is 25.1 Å². The second-order valence-electron chi connectivity index (χ2n) is 6.66. The average Bonchev–Trinajstić information content (AvgIpc) is 2.40. The first-order valence-electron chi connectivity index (χ1n) is 8.02. The first-order valence-corrected chi connectivity index (χ1v) is 8.02. The Morgan fingerprint density at radius 1 is 1.35 bits per heavy atom. The average molecular weight is 284 g/mol. The number of amides is 1. The molecule has 1 amide bonds. The molecule has 118 valence electrons. The number of rotatable bonds is 7. The van der Waals surface area contributed by atoms with Crippen LogP contribution in [0.3, 0.4) is 0 Å². The highest BCUT2D eigenvalue weighted by Crippen LogP contribution is 2.44. The zero-order chi connectivity index (χ0) is 15.2. The number of nitrogens with two attached hydrogens (primary N) is 1. The van der Waals surface area contributed by atoms with Crippen molar-refractivity contribution in [3.8, 4) is 0 Å². The summed E-state index contributed by atoms with van der Waals surface area (Å²) in [5.41, 5.74) is 6.10. The van der Waals surface area contributed by atoms with Gasteiger partial charge in [-0.3, -0.25) is 4.79 Å². The number of unbranched alkanes of at least 4 members (excludes halogenated alkanes) is 1. The topological polar surface area (TPSA) is 64.3 Å². The highest BCUT2D eigenvalue weighted by atomic mass is 16.5. The Morgan fingerprint density at radius 3 is 2.70 bits per heavy atom. The smallest absolute Gasteiger partial charge is 0.223 e. The van der Waals surface area contributed by atoms with Gasteiger partial charge in [-0.25, -0.2) is 0 Å². The van der Waals surface area contributed by atoms with Crippen LogP contribution in [-0.4, -0.2) is 31.7 Å². The Bertz CT molecular complexity index is 305. The van der Waals surface area contributed by atoms with E-state index in [1.54, 1.807) is 0 Å². The molecule has 3 atom stereocenters. The van der Waals surface area contributed by atoms with Crippen molar-refractivity contribution in [2.24, 2.45) is 23.0 Å². The number of hydrogen-bond donors (Lipinski definition) is 2. The zero-order valence-electron chi connectivity index (χ0n) is 13.6. The zero-order valence-corrected chi connectivity index (χ0v) is 13.6. The van der Waals surface area contributed by atoms with Crippen LogP contribution < -0.4 is 11.1 Å². The molecule has 4 nitrogen and oxygen atoms in total. The fourth-order valence-corrected chi connectivity index (χ4v) is 3.04. The maximum absolute atomic E-state index is 12.3. The fraction of sp³-hybridized carbons (Fsp3) is 0.938. The Kier molecular flexibility index (Phi) is 6.96. The van der Waals surface area contributed by atoms with Crippen molar-refractivity contribution in [2.45, 2.75) is 59.4 Å². The van der Waals surface area contributed by atoms with Gasteiger partial charge in [0.15, 0.2) is 0 Å². The van der Waals surface area contributed by atoms with E-state index in [1.165, 1.54) is 0 Å². The molecule has 0 aromatic carbocycles. The molecule has 0 bridgehead atoms. The lowest BCUT2D eigenvalue weighted by molar-refractivity contribution is -0.132. The van der Waals surface area contributed by atoms with Crippen LogP contribution in [0.1, 0.15) is 53.4 Å². The Hall–Kier alpha value is -0.610. The van der Waals surface area contributed by atoms with Gasteiger partial charge >= 0.3 is 0 Å². The summed E-state index contributed by atoms with van der Waals surface area (Å²) in [6.07, 6.45) is 4.05. The van der Waals surface area contributed by atoms with Crippen molar-refractivity contribution < 1.29 is 9.53 Å². The summed E-state index contributed by atoms with van der Waals surface area (Å²) in [6, 6.07) is 0.214. The standard InChI is InChI=1S/C16H32N2O2/c1-5-6-10-20-11-9-18-15(19)13-7-8-14(17)12(2)16(13,3)4/h12-14H,5-11,17H2,1-4H3,(H,18,19). The Morgan fingerprint density at radius 2 is 2.05 bits per heavy atom. The second kappa shape index (κ2) is 7.99. The molecule has 0 aliphatic heterocycles. The van der Waals surface area contributed by atoms with Crippen LogP contribution in [0.25, 0.3) is 0 Å². The van der Waals surface area contributed by atoms with E-state index < -0.39 is 0 Å². The molecule has 1 aliphatic carbocycles. The van der Waals surface area contributed by atoms with E-state index in [0.717, 1.165) is 32.3 Å². The molecule has 0 aromatic rings. The lowest BCUT2D eigenvalue weighted by Crippen LogP contribution is -2.51. The normalized spacial score (nSPS) is 29.1.